The summed E-state index contributed by atoms with van der Waals surface area (Å²) in [5.41, 5.74) is 1.91. The fourth-order valence-electron chi connectivity index (χ4n) is 2.38. The largest absolute Gasteiger partial charge is 0.491 e. The molecule has 1 heterocycles. The average Bonchev–Trinajstić information content (AvgIpc) is 2.74. The van der Waals surface area contributed by atoms with E-state index in [1.807, 2.05) is 0 Å². The molecule has 0 aromatic heterocycles. The zero-order valence-corrected chi connectivity index (χ0v) is 13.1. The molecule has 2 N–H and O–H groups in total. The number of amides is 2. The molecular formula is C18H16N2O4. The zero-order chi connectivity index (χ0) is 17.1. The van der Waals surface area contributed by atoms with Crippen molar-refractivity contribution in [3.8, 4) is 5.75 Å². The minimum absolute atomic E-state index is 0.0732. The maximum Gasteiger partial charge on any atom is 0.255 e. The van der Waals surface area contributed by atoms with Crippen LogP contribution in [0.4, 0.5) is 11.4 Å². The van der Waals surface area contributed by atoms with Gasteiger partial charge in [-0.2, -0.15) is 0 Å². The normalized spacial score (nSPS) is 13.1. The Bertz CT molecular complexity index is 830. The van der Waals surface area contributed by atoms with E-state index in [-0.39, 0.29) is 24.0 Å². The van der Waals surface area contributed by atoms with Crippen LogP contribution < -0.4 is 15.4 Å². The van der Waals surface area contributed by atoms with E-state index in [4.69, 9.17) is 4.74 Å². The van der Waals surface area contributed by atoms with Gasteiger partial charge in [-0.3, -0.25) is 14.4 Å². The van der Waals surface area contributed by atoms with Gasteiger partial charge in [0.25, 0.3) is 5.91 Å². The minimum Gasteiger partial charge on any atom is -0.491 e. The predicted octanol–water partition coefficient (Wildman–Crippen LogP) is 2.86. The molecule has 24 heavy (non-hydrogen) atoms. The number of Topliss-reactive ketones (excluding diaryl/α,β-unsaturated/α-hetero) is 1. The average molecular weight is 324 g/mol. The second-order valence-electron chi connectivity index (χ2n) is 5.45. The van der Waals surface area contributed by atoms with E-state index in [9.17, 15) is 14.4 Å². The van der Waals surface area contributed by atoms with Crippen LogP contribution >= 0.6 is 0 Å². The van der Waals surface area contributed by atoms with Crippen LogP contribution in [0.1, 0.15) is 34.1 Å². The Morgan fingerprint density at radius 3 is 2.75 bits per heavy atom. The third-order valence-electron chi connectivity index (χ3n) is 3.63. The van der Waals surface area contributed by atoms with Gasteiger partial charge < -0.3 is 15.4 Å². The highest BCUT2D eigenvalue weighted by Crippen LogP contribution is 2.28. The van der Waals surface area contributed by atoms with Crippen LogP contribution in [0.5, 0.6) is 5.75 Å². The van der Waals surface area contributed by atoms with Crippen molar-refractivity contribution in [1.29, 1.82) is 0 Å². The number of rotatable bonds is 3. The number of nitrogens with one attached hydrogen (secondary N) is 2. The first-order valence-corrected chi connectivity index (χ1v) is 7.52. The van der Waals surface area contributed by atoms with Gasteiger partial charge in [0.1, 0.15) is 5.75 Å². The van der Waals surface area contributed by atoms with Gasteiger partial charge >= 0.3 is 0 Å². The summed E-state index contributed by atoms with van der Waals surface area (Å²) < 4.78 is 5.46. The molecule has 3 rings (SSSR count). The van der Waals surface area contributed by atoms with E-state index in [1.165, 1.54) is 6.92 Å². The highest BCUT2D eigenvalue weighted by atomic mass is 16.5. The molecule has 2 amide bonds. The Labute approximate surface area is 138 Å². The van der Waals surface area contributed by atoms with Crippen molar-refractivity contribution in [2.45, 2.75) is 13.3 Å². The minimum atomic E-state index is -0.336. The van der Waals surface area contributed by atoms with E-state index in [1.54, 1.807) is 42.5 Å². The van der Waals surface area contributed by atoms with E-state index < -0.39 is 0 Å². The topological polar surface area (TPSA) is 84.5 Å². The second kappa shape index (κ2) is 6.54. The smallest absolute Gasteiger partial charge is 0.255 e. The number of carbonyl (C=O) groups excluding carboxylic acids is 3. The molecule has 0 spiro atoms. The maximum atomic E-state index is 12.4. The molecule has 0 aliphatic carbocycles. The van der Waals surface area contributed by atoms with Crippen molar-refractivity contribution in [1.82, 2.24) is 0 Å². The van der Waals surface area contributed by atoms with Crippen LogP contribution in [0.25, 0.3) is 0 Å². The van der Waals surface area contributed by atoms with Crippen molar-refractivity contribution in [3.05, 3.63) is 53.6 Å². The lowest BCUT2D eigenvalue weighted by atomic mass is 10.1. The van der Waals surface area contributed by atoms with Crippen molar-refractivity contribution in [2.24, 2.45) is 0 Å². The summed E-state index contributed by atoms with van der Waals surface area (Å²) in [6, 6.07) is 11.6. The number of ketones is 1. The van der Waals surface area contributed by atoms with Gasteiger partial charge in [0, 0.05) is 16.8 Å². The van der Waals surface area contributed by atoms with Crippen LogP contribution in [0.15, 0.2) is 42.5 Å². The van der Waals surface area contributed by atoms with Crippen molar-refractivity contribution >= 4 is 29.0 Å². The number of carbonyl (C=O) groups is 3. The third kappa shape index (κ3) is 3.43. The first kappa shape index (κ1) is 15.7. The molecule has 1 aliphatic heterocycles. The van der Waals surface area contributed by atoms with Gasteiger partial charge in [0.05, 0.1) is 18.7 Å². The summed E-state index contributed by atoms with van der Waals surface area (Å²) in [4.78, 5) is 35.4. The fraction of sp³-hybridized carbons (Fsp3) is 0.167. The molecule has 122 valence electrons. The quantitative estimate of drug-likeness (QED) is 0.850. The molecule has 1 aliphatic rings. The first-order valence-electron chi connectivity index (χ1n) is 7.52. The number of benzene rings is 2. The van der Waals surface area contributed by atoms with Gasteiger partial charge in [-0.05, 0) is 37.3 Å². The standard InChI is InChI=1S/C18H16N2O4/c1-11(21)12-3-2-4-14(9-12)19-18(23)13-5-6-16-15(10-13)20-17(22)7-8-24-16/h2-6,9-10H,7-8H2,1H3,(H,19,23)(H,20,22). The van der Waals surface area contributed by atoms with E-state index in [0.29, 0.717) is 34.9 Å². The fourth-order valence-corrected chi connectivity index (χ4v) is 2.38. The maximum absolute atomic E-state index is 12.4. The van der Waals surface area contributed by atoms with Crippen LogP contribution in [-0.4, -0.2) is 24.2 Å². The third-order valence-corrected chi connectivity index (χ3v) is 3.63. The molecular weight excluding hydrogens is 308 g/mol. The molecule has 6 heteroatoms. The van der Waals surface area contributed by atoms with E-state index in [0.717, 1.165) is 0 Å². The second-order valence-corrected chi connectivity index (χ2v) is 5.45. The van der Waals surface area contributed by atoms with Crippen molar-refractivity contribution in [2.75, 3.05) is 17.2 Å². The zero-order valence-electron chi connectivity index (χ0n) is 13.1. The molecule has 0 atom stereocenters. The summed E-state index contributed by atoms with van der Waals surface area (Å²) in [5, 5.41) is 5.46. The summed E-state index contributed by atoms with van der Waals surface area (Å²) in [5.74, 6) is -0.0237. The van der Waals surface area contributed by atoms with Crippen molar-refractivity contribution in [3.63, 3.8) is 0 Å². The molecule has 0 radical (unpaired) electrons. The summed E-state index contributed by atoms with van der Waals surface area (Å²) in [7, 11) is 0. The molecule has 2 aromatic carbocycles. The Morgan fingerprint density at radius 2 is 1.96 bits per heavy atom. The Kier molecular flexibility index (Phi) is 4.29. The monoisotopic (exact) mass is 324 g/mol. The van der Waals surface area contributed by atoms with Crippen molar-refractivity contribution < 1.29 is 19.1 Å². The number of anilines is 2. The van der Waals surface area contributed by atoms with Gasteiger partial charge in [-0.25, -0.2) is 0 Å². The van der Waals surface area contributed by atoms with Crippen LogP contribution in [0.3, 0.4) is 0 Å². The van der Waals surface area contributed by atoms with Gasteiger partial charge in [-0.15, -0.1) is 0 Å². The molecule has 0 fully saturated rings. The number of hydrogen-bond acceptors (Lipinski definition) is 4. The number of hydrogen-bond donors (Lipinski definition) is 2. The lowest BCUT2D eigenvalue weighted by molar-refractivity contribution is -0.116. The highest BCUT2D eigenvalue weighted by molar-refractivity contribution is 6.06. The number of fused-ring (bicyclic) bond motifs is 1. The molecule has 0 unspecified atom stereocenters. The predicted molar refractivity (Wildman–Crippen MR) is 89.6 cm³/mol. The van der Waals surface area contributed by atoms with Crippen LogP contribution in [0, 0.1) is 0 Å². The van der Waals surface area contributed by atoms with E-state index >= 15 is 0 Å². The summed E-state index contributed by atoms with van der Waals surface area (Å²) in [6.45, 7) is 1.78. The Balaban J connectivity index is 1.82. The highest BCUT2D eigenvalue weighted by Gasteiger charge is 2.16. The molecule has 0 bridgehead atoms. The summed E-state index contributed by atoms with van der Waals surface area (Å²) in [6.07, 6.45) is 0.272. The first-order chi connectivity index (χ1) is 11.5. The number of ether oxygens (including phenoxy) is 1. The van der Waals surface area contributed by atoms with Crippen LogP contribution in [0.2, 0.25) is 0 Å². The van der Waals surface area contributed by atoms with Gasteiger partial charge in [-0.1, -0.05) is 12.1 Å². The summed E-state index contributed by atoms with van der Waals surface area (Å²) >= 11 is 0. The van der Waals surface area contributed by atoms with E-state index in [2.05, 4.69) is 10.6 Å². The Morgan fingerprint density at radius 1 is 1.12 bits per heavy atom. The SMILES string of the molecule is CC(=O)c1cccc(NC(=O)c2ccc3c(c2)NC(=O)CCO3)c1. The molecule has 6 nitrogen and oxygen atoms in total. The van der Waals surface area contributed by atoms with Gasteiger partial charge in [0.15, 0.2) is 5.78 Å². The molecule has 0 saturated heterocycles. The lowest BCUT2D eigenvalue weighted by Gasteiger charge is -2.10. The van der Waals surface area contributed by atoms with Crippen LogP contribution in [-0.2, 0) is 4.79 Å². The molecule has 0 saturated carbocycles. The molecule has 2 aromatic rings. The lowest BCUT2D eigenvalue weighted by Crippen LogP contribution is -2.14. The van der Waals surface area contributed by atoms with Gasteiger partial charge in [0.2, 0.25) is 5.91 Å². The Hall–Kier alpha value is -3.15.